The van der Waals surface area contributed by atoms with Gasteiger partial charge in [0.15, 0.2) is 6.10 Å². The van der Waals surface area contributed by atoms with Gasteiger partial charge < -0.3 is 15.4 Å². The minimum atomic E-state index is -0.830. The van der Waals surface area contributed by atoms with Crippen molar-refractivity contribution in [3.05, 3.63) is 75.5 Å². The lowest BCUT2D eigenvalue weighted by Crippen LogP contribution is -2.33. The lowest BCUT2D eigenvalue weighted by atomic mass is 10.2. The van der Waals surface area contributed by atoms with Crippen LogP contribution in [-0.2, 0) is 9.59 Å². The van der Waals surface area contributed by atoms with Gasteiger partial charge in [-0.15, -0.1) is 5.10 Å². The van der Waals surface area contributed by atoms with Crippen LogP contribution in [0.3, 0.4) is 0 Å². The van der Waals surface area contributed by atoms with Gasteiger partial charge in [-0.25, -0.2) is 0 Å². The number of halogens is 1. The minimum absolute atomic E-state index is 0.131. The number of benzene rings is 2. The number of hydrogen-bond acceptors (Lipinski definition) is 5. The Morgan fingerprint density at radius 1 is 1.06 bits per heavy atom. The monoisotopic (exact) mass is 454 g/mol. The van der Waals surface area contributed by atoms with E-state index < -0.39 is 6.10 Å². The second-order valence-electron chi connectivity index (χ2n) is 7.11. The molecule has 2 amide bonds. The van der Waals surface area contributed by atoms with Crippen LogP contribution in [0.4, 0.5) is 11.4 Å². The van der Waals surface area contributed by atoms with E-state index in [1.807, 2.05) is 6.92 Å². The maximum Gasteiger partial charge on any atom is 0.271 e. The first-order valence-electron chi connectivity index (χ1n) is 9.99. The Morgan fingerprint density at radius 2 is 1.72 bits per heavy atom. The molecule has 0 aliphatic heterocycles. The number of amides is 2. The maximum atomic E-state index is 12.7. The van der Waals surface area contributed by atoms with Crippen molar-refractivity contribution in [2.24, 2.45) is 0 Å². The molecule has 1 atom stereocenters. The summed E-state index contributed by atoms with van der Waals surface area (Å²) in [6, 6.07) is 14.6. The molecule has 0 aliphatic carbocycles. The van der Waals surface area contributed by atoms with E-state index >= 15 is 0 Å². The second-order valence-corrected chi connectivity index (χ2v) is 7.55. The van der Waals surface area contributed by atoms with E-state index in [0.29, 0.717) is 28.5 Å². The zero-order valence-corrected chi connectivity index (χ0v) is 18.6. The smallest absolute Gasteiger partial charge is 0.271 e. The molecule has 0 radical (unpaired) electrons. The summed E-state index contributed by atoms with van der Waals surface area (Å²) in [4.78, 5) is 36.2. The van der Waals surface area contributed by atoms with E-state index in [9.17, 15) is 14.4 Å². The van der Waals surface area contributed by atoms with Crippen molar-refractivity contribution in [3.63, 3.8) is 0 Å². The highest BCUT2D eigenvalue weighted by atomic mass is 35.5. The van der Waals surface area contributed by atoms with Crippen LogP contribution in [0.25, 0.3) is 5.69 Å². The SMILES string of the molecule is CCC(Oc1ccc(=O)n(-c2cc(Cl)ccc2C)n1)C(=O)Nc1ccc(NC(C)=O)cc1. The van der Waals surface area contributed by atoms with Gasteiger partial charge in [0.2, 0.25) is 11.8 Å². The van der Waals surface area contributed by atoms with Crippen LogP contribution < -0.4 is 20.9 Å². The summed E-state index contributed by atoms with van der Waals surface area (Å²) in [6.07, 6.45) is -0.448. The van der Waals surface area contributed by atoms with Crippen LogP contribution in [0.2, 0.25) is 5.02 Å². The Hall–Kier alpha value is -3.65. The summed E-state index contributed by atoms with van der Waals surface area (Å²) in [5.74, 6) is -0.409. The lowest BCUT2D eigenvalue weighted by molar-refractivity contribution is -0.123. The zero-order chi connectivity index (χ0) is 23.3. The Morgan fingerprint density at radius 3 is 2.34 bits per heavy atom. The van der Waals surface area contributed by atoms with Gasteiger partial charge in [-0.3, -0.25) is 14.4 Å². The summed E-state index contributed by atoms with van der Waals surface area (Å²) in [6.45, 7) is 5.07. The summed E-state index contributed by atoms with van der Waals surface area (Å²) in [5, 5.41) is 10.2. The molecule has 2 N–H and O–H groups in total. The molecule has 2 aromatic carbocycles. The molecule has 0 fully saturated rings. The highest BCUT2D eigenvalue weighted by Crippen LogP contribution is 2.19. The maximum absolute atomic E-state index is 12.7. The lowest BCUT2D eigenvalue weighted by Gasteiger charge is -2.17. The summed E-state index contributed by atoms with van der Waals surface area (Å²) >= 11 is 6.07. The van der Waals surface area contributed by atoms with E-state index in [-0.39, 0.29) is 23.3 Å². The molecule has 0 spiro atoms. The molecule has 0 aliphatic rings. The van der Waals surface area contributed by atoms with E-state index in [2.05, 4.69) is 15.7 Å². The summed E-state index contributed by atoms with van der Waals surface area (Å²) in [7, 11) is 0. The van der Waals surface area contributed by atoms with Crippen molar-refractivity contribution in [3.8, 4) is 11.6 Å². The van der Waals surface area contributed by atoms with E-state index in [1.165, 1.54) is 23.7 Å². The first kappa shape index (κ1) is 23.0. The predicted molar refractivity (Wildman–Crippen MR) is 124 cm³/mol. The Kier molecular flexibility index (Phi) is 7.27. The largest absolute Gasteiger partial charge is 0.463 e. The highest BCUT2D eigenvalue weighted by molar-refractivity contribution is 6.30. The molecule has 3 rings (SSSR count). The number of carbonyl (C=O) groups is 2. The molecule has 166 valence electrons. The van der Waals surface area contributed by atoms with Crippen molar-refractivity contribution in [2.75, 3.05) is 10.6 Å². The molecule has 1 heterocycles. The Bertz CT molecular complexity index is 1190. The molecule has 8 nitrogen and oxygen atoms in total. The first-order chi connectivity index (χ1) is 15.3. The van der Waals surface area contributed by atoms with Crippen LogP contribution in [0.15, 0.2) is 59.4 Å². The van der Waals surface area contributed by atoms with Crippen LogP contribution in [0.1, 0.15) is 25.8 Å². The summed E-state index contributed by atoms with van der Waals surface area (Å²) in [5.41, 5.74) is 2.18. The number of carbonyl (C=O) groups excluding carboxylic acids is 2. The summed E-state index contributed by atoms with van der Waals surface area (Å²) < 4.78 is 6.98. The molecule has 0 bridgehead atoms. The van der Waals surface area contributed by atoms with Crippen molar-refractivity contribution in [1.29, 1.82) is 0 Å². The third-order valence-corrected chi connectivity index (χ3v) is 4.81. The minimum Gasteiger partial charge on any atom is -0.463 e. The quantitative estimate of drug-likeness (QED) is 0.562. The van der Waals surface area contributed by atoms with Gasteiger partial charge in [0.05, 0.1) is 5.69 Å². The van der Waals surface area contributed by atoms with Crippen molar-refractivity contribution in [2.45, 2.75) is 33.3 Å². The molecule has 32 heavy (non-hydrogen) atoms. The molecule has 0 saturated carbocycles. The fourth-order valence-corrected chi connectivity index (χ4v) is 3.14. The van der Waals surface area contributed by atoms with Crippen LogP contribution in [-0.4, -0.2) is 27.7 Å². The fourth-order valence-electron chi connectivity index (χ4n) is 2.97. The first-order valence-corrected chi connectivity index (χ1v) is 10.4. The number of aromatic nitrogens is 2. The van der Waals surface area contributed by atoms with Gasteiger partial charge in [-0.1, -0.05) is 24.6 Å². The van der Waals surface area contributed by atoms with Gasteiger partial charge >= 0.3 is 0 Å². The Labute approximate surface area is 190 Å². The number of nitrogens with one attached hydrogen (secondary N) is 2. The van der Waals surface area contributed by atoms with Gasteiger partial charge in [-0.2, -0.15) is 4.68 Å². The van der Waals surface area contributed by atoms with Crippen LogP contribution in [0.5, 0.6) is 5.88 Å². The number of hydrogen-bond donors (Lipinski definition) is 2. The molecular formula is C23H23ClN4O4. The third-order valence-electron chi connectivity index (χ3n) is 4.57. The molecule has 3 aromatic rings. The number of aryl methyl sites for hydroxylation is 1. The number of nitrogens with zero attached hydrogens (tertiary/aromatic N) is 2. The van der Waals surface area contributed by atoms with Crippen molar-refractivity contribution >= 4 is 34.8 Å². The second kappa shape index (κ2) is 10.1. The Balaban J connectivity index is 1.76. The zero-order valence-electron chi connectivity index (χ0n) is 17.9. The van der Waals surface area contributed by atoms with Crippen LogP contribution >= 0.6 is 11.6 Å². The van der Waals surface area contributed by atoms with Gasteiger partial charge in [0, 0.05) is 35.5 Å². The van der Waals surface area contributed by atoms with Gasteiger partial charge in [0.1, 0.15) is 0 Å². The third kappa shape index (κ3) is 5.73. The standard InChI is InChI=1S/C23H23ClN4O4/c1-4-20(23(31)26-18-9-7-17(8-10-18)25-15(3)29)32-21-11-12-22(30)28(27-21)19-13-16(24)6-5-14(19)2/h5-13,20H,4H2,1-3H3,(H,25,29)(H,26,31). The van der Waals surface area contributed by atoms with Crippen LogP contribution in [0, 0.1) is 6.92 Å². The van der Waals surface area contributed by atoms with Gasteiger partial charge in [0.25, 0.3) is 11.5 Å². The molecule has 9 heteroatoms. The fraction of sp³-hybridized carbons (Fsp3) is 0.217. The average molecular weight is 455 g/mol. The average Bonchev–Trinajstić information content (AvgIpc) is 2.76. The van der Waals surface area contributed by atoms with E-state index in [0.717, 1.165) is 5.56 Å². The normalized spacial score (nSPS) is 11.5. The van der Waals surface area contributed by atoms with Gasteiger partial charge in [-0.05, 0) is 55.3 Å². The van der Waals surface area contributed by atoms with Crippen molar-refractivity contribution in [1.82, 2.24) is 9.78 Å². The molecular weight excluding hydrogens is 432 g/mol. The number of anilines is 2. The molecule has 0 saturated heterocycles. The predicted octanol–water partition coefficient (Wildman–Crippen LogP) is 3.95. The van der Waals surface area contributed by atoms with E-state index in [1.54, 1.807) is 49.4 Å². The highest BCUT2D eigenvalue weighted by Gasteiger charge is 2.20. The van der Waals surface area contributed by atoms with Crippen molar-refractivity contribution < 1.29 is 14.3 Å². The number of rotatable bonds is 7. The van der Waals surface area contributed by atoms with E-state index in [4.69, 9.17) is 16.3 Å². The topological polar surface area (TPSA) is 102 Å². The number of ether oxygens (including phenoxy) is 1. The molecule has 1 unspecified atom stereocenters. The molecule has 1 aromatic heterocycles.